The molecule has 0 radical (unpaired) electrons. The lowest BCUT2D eigenvalue weighted by Crippen LogP contribution is -2.10. The molecule has 2 nitrogen and oxygen atoms in total. The highest BCUT2D eigenvalue weighted by Crippen LogP contribution is 2.19. The maximum atomic E-state index is 4.15. The molecule has 0 saturated carbocycles. The Balaban J connectivity index is 1.83. The lowest BCUT2D eigenvalue weighted by atomic mass is 10.2. The normalized spacial score (nSPS) is 12.7. The molecule has 3 heteroatoms. The summed E-state index contributed by atoms with van der Waals surface area (Å²) < 4.78 is 2.17. The van der Waals surface area contributed by atoms with Crippen molar-refractivity contribution < 1.29 is 0 Å². The predicted octanol–water partition coefficient (Wildman–Crippen LogP) is 5.67. The van der Waals surface area contributed by atoms with Crippen molar-refractivity contribution in [1.82, 2.24) is 9.55 Å². The van der Waals surface area contributed by atoms with Gasteiger partial charge in [-0.2, -0.15) is 11.8 Å². The lowest BCUT2D eigenvalue weighted by Gasteiger charge is -2.13. The van der Waals surface area contributed by atoms with Crippen molar-refractivity contribution in [2.24, 2.45) is 0 Å². The topological polar surface area (TPSA) is 17.8 Å². The first kappa shape index (κ1) is 17.9. The minimum absolute atomic E-state index is 0.496. The van der Waals surface area contributed by atoms with Gasteiger partial charge in [0.05, 0.1) is 6.33 Å². The van der Waals surface area contributed by atoms with Crippen LogP contribution in [-0.4, -0.2) is 20.6 Å². The first-order chi connectivity index (χ1) is 11.4. The average molecular weight is 329 g/mol. The molecule has 2 rings (SSSR count). The largest absolute Gasteiger partial charge is 0.336 e. The van der Waals surface area contributed by atoms with Crippen molar-refractivity contribution in [3.05, 3.63) is 60.7 Å². The van der Waals surface area contributed by atoms with E-state index in [0.717, 1.165) is 6.54 Å². The van der Waals surface area contributed by atoms with Gasteiger partial charge < -0.3 is 4.57 Å². The van der Waals surface area contributed by atoms with Crippen LogP contribution in [0.4, 0.5) is 0 Å². The average Bonchev–Trinajstić information content (AvgIpc) is 3.09. The van der Waals surface area contributed by atoms with Crippen molar-refractivity contribution in [2.75, 3.05) is 5.75 Å². The lowest BCUT2D eigenvalue weighted by molar-refractivity contribution is 0.658. The fourth-order valence-corrected chi connectivity index (χ4v) is 3.64. The smallest absolute Gasteiger partial charge is 0.0946 e. The van der Waals surface area contributed by atoms with Crippen LogP contribution in [0, 0.1) is 0 Å². The zero-order valence-corrected chi connectivity index (χ0v) is 14.9. The Labute approximate surface area is 145 Å². The summed E-state index contributed by atoms with van der Waals surface area (Å²) in [6.45, 7) is 3.26. The second kappa shape index (κ2) is 11.1. The Kier molecular flexibility index (Phi) is 8.64. The highest BCUT2D eigenvalue weighted by Gasteiger charge is 2.06. The molecule has 124 valence electrons. The summed E-state index contributed by atoms with van der Waals surface area (Å²) in [6, 6.07) is 10.5. The summed E-state index contributed by atoms with van der Waals surface area (Å²) in [7, 11) is 0. The van der Waals surface area contributed by atoms with E-state index in [2.05, 4.69) is 70.7 Å². The van der Waals surface area contributed by atoms with E-state index in [1.807, 2.05) is 18.7 Å². The summed E-state index contributed by atoms with van der Waals surface area (Å²) >= 11 is 2.06. The van der Waals surface area contributed by atoms with Gasteiger partial charge in [0.15, 0.2) is 0 Å². The molecule has 0 aliphatic rings. The highest BCUT2D eigenvalue weighted by molar-refractivity contribution is 8.00. The van der Waals surface area contributed by atoms with Crippen LogP contribution in [0.1, 0.15) is 44.6 Å². The molecule has 1 aromatic heterocycles. The zero-order chi connectivity index (χ0) is 16.2. The first-order valence-corrected chi connectivity index (χ1v) is 9.74. The Morgan fingerprint density at radius 3 is 2.70 bits per heavy atom. The molecule has 2 aromatic rings. The van der Waals surface area contributed by atoms with Gasteiger partial charge in [-0.15, -0.1) is 0 Å². The fraction of sp³-hybridized carbons (Fsp3) is 0.450. The zero-order valence-electron chi connectivity index (χ0n) is 14.1. The van der Waals surface area contributed by atoms with Gasteiger partial charge in [0, 0.05) is 24.2 Å². The maximum Gasteiger partial charge on any atom is 0.0946 e. The minimum Gasteiger partial charge on any atom is -0.336 e. The number of nitrogens with zero attached hydrogens (tertiary/aromatic N) is 2. The molecule has 0 N–H and O–H groups in total. The highest BCUT2D eigenvalue weighted by atomic mass is 32.2. The third kappa shape index (κ3) is 7.56. The van der Waals surface area contributed by atoms with Crippen LogP contribution in [0.5, 0.6) is 0 Å². The molecule has 1 unspecified atom stereocenters. The molecule has 1 atom stereocenters. The number of hydrogen-bond acceptors (Lipinski definition) is 2. The number of thioether (sulfide) groups is 1. The molecule has 0 bridgehead atoms. The third-order valence-electron chi connectivity index (χ3n) is 3.83. The van der Waals surface area contributed by atoms with E-state index in [-0.39, 0.29) is 0 Å². The van der Waals surface area contributed by atoms with Crippen LogP contribution in [0.3, 0.4) is 0 Å². The number of unbranched alkanes of at least 4 members (excludes halogenated alkanes) is 4. The second-order valence-electron chi connectivity index (χ2n) is 5.85. The number of imidazole rings is 1. The Morgan fingerprint density at radius 2 is 1.96 bits per heavy atom. The predicted molar refractivity (Wildman–Crippen MR) is 103 cm³/mol. The molecule has 0 fully saturated rings. The molecule has 0 aliphatic carbocycles. The van der Waals surface area contributed by atoms with Crippen LogP contribution in [0.25, 0.3) is 6.08 Å². The molecule has 0 amide bonds. The van der Waals surface area contributed by atoms with Crippen LogP contribution in [-0.2, 0) is 6.54 Å². The van der Waals surface area contributed by atoms with Gasteiger partial charge in [-0.25, -0.2) is 4.98 Å². The Hall–Kier alpha value is -1.48. The van der Waals surface area contributed by atoms with Gasteiger partial charge in [0.25, 0.3) is 0 Å². The number of aromatic nitrogens is 2. The van der Waals surface area contributed by atoms with Gasteiger partial charge in [-0.05, 0) is 17.7 Å². The molecule has 0 spiro atoms. The van der Waals surface area contributed by atoms with Crippen LogP contribution in [0.2, 0.25) is 0 Å². The summed E-state index contributed by atoms with van der Waals surface area (Å²) in [4.78, 5) is 4.15. The molecule has 1 heterocycles. The first-order valence-electron chi connectivity index (χ1n) is 8.69. The van der Waals surface area contributed by atoms with E-state index in [1.54, 1.807) is 0 Å². The summed E-state index contributed by atoms with van der Waals surface area (Å²) in [5.74, 6) is 1.24. The van der Waals surface area contributed by atoms with E-state index in [0.29, 0.717) is 5.25 Å². The Morgan fingerprint density at radius 1 is 1.13 bits per heavy atom. The number of benzene rings is 1. The van der Waals surface area contributed by atoms with Gasteiger partial charge in [-0.1, -0.05) is 75.1 Å². The molecular formula is C20H28N2S. The third-order valence-corrected chi connectivity index (χ3v) is 5.09. The summed E-state index contributed by atoms with van der Waals surface area (Å²) in [5, 5.41) is 0.496. The van der Waals surface area contributed by atoms with Crippen LogP contribution >= 0.6 is 11.8 Å². The van der Waals surface area contributed by atoms with E-state index in [1.165, 1.54) is 43.4 Å². The van der Waals surface area contributed by atoms with E-state index in [9.17, 15) is 0 Å². The van der Waals surface area contributed by atoms with Gasteiger partial charge in [-0.3, -0.25) is 0 Å². The minimum atomic E-state index is 0.496. The van der Waals surface area contributed by atoms with Crippen molar-refractivity contribution in [3.63, 3.8) is 0 Å². The van der Waals surface area contributed by atoms with Gasteiger partial charge >= 0.3 is 0 Å². The van der Waals surface area contributed by atoms with Crippen molar-refractivity contribution in [2.45, 2.75) is 50.8 Å². The summed E-state index contributed by atoms with van der Waals surface area (Å²) in [5.41, 5.74) is 1.27. The molecule has 23 heavy (non-hydrogen) atoms. The van der Waals surface area contributed by atoms with E-state index >= 15 is 0 Å². The van der Waals surface area contributed by atoms with Gasteiger partial charge in [0.1, 0.15) is 0 Å². The SMILES string of the molecule is CCCCCCCSC(C=Cc1ccccc1)Cn1ccnc1. The van der Waals surface area contributed by atoms with Crippen molar-refractivity contribution in [1.29, 1.82) is 0 Å². The molecule has 1 aromatic carbocycles. The van der Waals surface area contributed by atoms with Crippen molar-refractivity contribution in [3.8, 4) is 0 Å². The number of hydrogen-bond donors (Lipinski definition) is 0. The summed E-state index contributed by atoms with van der Waals surface area (Å²) in [6.07, 6.45) is 17.1. The van der Waals surface area contributed by atoms with E-state index < -0.39 is 0 Å². The quantitative estimate of drug-likeness (QED) is 0.495. The molecule has 0 saturated heterocycles. The molecular weight excluding hydrogens is 300 g/mol. The maximum absolute atomic E-state index is 4.15. The number of rotatable bonds is 11. The molecule has 0 aliphatic heterocycles. The van der Waals surface area contributed by atoms with Crippen LogP contribution < -0.4 is 0 Å². The Bertz CT molecular complexity index is 534. The standard InChI is InChI=1S/C20H28N2S/c1-2-3-4-5-9-16-23-20(17-22-15-14-21-18-22)13-12-19-10-7-6-8-11-19/h6-8,10-15,18,20H,2-5,9,16-17H2,1H3. The van der Waals surface area contributed by atoms with E-state index in [4.69, 9.17) is 0 Å². The second-order valence-corrected chi connectivity index (χ2v) is 7.20. The van der Waals surface area contributed by atoms with Crippen LogP contribution in [0.15, 0.2) is 55.1 Å². The fourth-order valence-electron chi connectivity index (χ4n) is 2.49. The van der Waals surface area contributed by atoms with Gasteiger partial charge in [0.2, 0.25) is 0 Å². The monoisotopic (exact) mass is 328 g/mol. The van der Waals surface area contributed by atoms with Crippen molar-refractivity contribution >= 4 is 17.8 Å².